The Kier molecular flexibility index (Phi) is 6.70. The van der Waals surface area contributed by atoms with Crippen LogP contribution in [0.1, 0.15) is 0 Å². The van der Waals surface area contributed by atoms with Crippen LogP contribution in [0.15, 0.2) is 158 Å². The lowest BCUT2D eigenvalue weighted by Crippen LogP contribution is -2.00. The molecule has 0 aliphatic rings. The van der Waals surface area contributed by atoms with Gasteiger partial charge in [-0.05, 0) is 34.9 Å². The Labute approximate surface area is 260 Å². The maximum absolute atomic E-state index is 4.91. The van der Waals surface area contributed by atoms with Crippen LogP contribution in [0.5, 0.6) is 0 Å². The van der Waals surface area contributed by atoms with Crippen molar-refractivity contribution in [3.8, 4) is 67.7 Å². The van der Waals surface area contributed by atoms with Crippen molar-refractivity contribution in [2.75, 3.05) is 0 Å². The molecule has 3 heterocycles. The average Bonchev–Trinajstić information content (AvgIpc) is 3.56. The molecule has 0 saturated heterocycles. The summed E-state index contributed by atoms with van der Waals surface area (Å²) in [6.07, 6.45) is 2.03. The van der Waals surface area contributed by atoms with E-state index in [0.717, 1.165) is 55.7 Å². The minimum absolute atomic E-state index is 0.631. The lowest BCUT2D eigenvalue weighted by Gasteiger charge is -2.10. The summed E-state index contributed by atoms with van der Waals surface area (Å²) in [5.41, 5.74) is 10.0. The summed E-state index contributed by atoms with van der Waals surface area (Å²) in [5, 5.41) is 8.86. The van der Waals surface area contributed by atoms with Crippen LogP contribution in [-0.4, -0.2) is 29.8 Å². The molecule has 0 unspecified atom stereocenters. The number of pyridine rings is 1. The van der Waals surface area contributed by atoms with Gasteiger partial charge >= 0.3 is 0 Å². The fraction of sp³-hybridized carbons (Fsp3) is 0. The van der Waals surface area contributed by atoms with Crippen LogP contribution in [-0.2, 0) is 0 Å². The highest BCUT2D eigenvalue weighted by atomic mass is 15.4. The molecule has 0 spiro atoms. The maximum atomic E-state index is 4.91. The molecule has 0 bridgehead atoms. The average molecular weight is 579 g/mol. The van der Waals surface area contributed by atoms with Crippen LogP contribution in [0.4, 0.5) is 0 Å². The molecular weight excluding hydrogens is 552 g/mol. The van der Waals surface area contributed by atoms with E-state index in [-0.39, 0.29) is 0 Å². The normalized spacial score (nSPS) is 11.1. The molecule has 45 heavy (non-hydrogen) atoms. The van der Waals surface area contributed by atoms with Gasteiger partial charge in [0.2, 0.25) is 0 Å². The first-order valence-electron chi connectivity index (χ1n) is 14.8. The molecular formula is C39H26N6. The molecule has 8 rings (SSSR count). The van der Waals surface area contributed by atoms with E-state index in [9.17, 15) is 0 Å². The molecule has 0 N–H and O–H groups in total. The fourth-order valence-corrected chi connectivity index (χ4v) is 5.52. The second-order valence-corrected chi connectivity index (χ2v) is 10.8. The number of nitrogens with zero attached hydrogens (tertiary/aromatic N) is 6. The monoisotopic (exact) mass is 578 g/mol. The largest absolute Gasteiger partial charge is 0.219 e. The van der Waals surface area contributed by atoms with Gasteiger partial charge in [0, 0.05) is 34.0 Å². The van der Waals surface area contributed by atoms with E-state index < -0.39 is 0 Å². The number of aromatic nitrogens is 6. The lowest BCUT2D eigenvalue weighted by atomic mass is 9.98. The van der Waals surface area contributed by atoms with E-state index in [0.29, 0.717) is 17.5 Å². The maximum Gasteiger partial charge on any atom is 0.164 e. The molecule has 8 aromatic rings. The van der Waals surface area contributed by atoms with E-state index in [1.165, 1.54) is 0 Å². The Morgan fingerprint density at radius 2 is 0.800 bits per heavy atom. The molecule has 0 aliphatic heterocycles. The molecule has 0 saturated carbocycles. The number of benzene rings is 5. The van der Waals surface area contributed by atoms with Gasteiger partial charge < -0.3 is 0 Å². The molecule has 0 radical (unpaired) electrons. The van der Waals surface area contributed by atoms with Crippen molar-refractivity contribution >= 4 is 5.52 Å². The Hall–Kier alpha value is -6.27. The zero-order valence-electron chi connectivity index (χ0n) is 24.2. The van der Waals surface area contributed by atoms with Gasteiger partial charge in [0.25, 0.3) is 0 Å². The van der Waals surface area contributed by atoms with Crippen LogP contribution in [0.25, 0.3) is 73.2 Å². The molecule has 0 aliphatic carbocycles. The van der Waals surface area contributed by atoms with Gasteiger partial charge in [0.05, 0.1) is 5.52 Å². The third kappa shape index (κ3) is 5.26. The van der Waals surface area contributed by atoms with E-state index in [2.05, 4.69) is 83.1 Å². The fourth-order valence-electron chi connectivity index (χ4n) is 5.52. The molecule has 212 valence electrons. The Morgan fingerprint density at radius 3 is 1.38 bits per heavy atom. The van der Waals surface area contributed by atoms with Gasteiger partial charge in [-0.15, -0.1) is 5.10 Å². The lowest BCUT2D eigenvalue weighted by molar-refractivity contribution is 0.858. The summed E-state index contributed by atoms with van der Waals surface area (Å²) in [5.74, 6) is 1.92. The highest BCUT2D eigenvalue weighted by Crippen LogP contribution is 2.31. The van der Waals surface area contributed by atoms with Crippen LogP contribution >= 0.6 is 0 Å². The predicted molar refractivity (Wildman–Crippen MR) is 179 cm³/mol. The standard InChI is InChI=1S/C39H26N6/c1-4-12-27(13-5-1)36-35-23-22-34(26-45(35)44-43-36)32-20-10-18-30(24-32)31-19-11-21-33(25-31)39-41-37(28-14-6-2-7-15-28)40-38(42-39)29-16-8-3-9-17-29/h1-26H. The van der Waals surface area contributed by atoms with Crippen LogP contribution < -0.4 is 0 Å². The van der Waals surface area contributed by atoms with Crippen molar-refractivity contribution in [3.05, 3.63) is 158 Å². The summed E-state index contributed by atoms with van der Waals surface area (Å²) in [4.78, 5) is 14.7. The second kappa shape index (κ2) is 11.4. The predicted octanol–water partition coefficient (Wildman–Crippen LogP) is 8.92. The van der Waals surface area contributed by atoms with Crippen molar-refractivity contribution in [3.63, 3.8) is 0 Å². The van der Waals surface area contributed by atoms with Crippen molar-refractivity contribution in [2.45, 2.75) is 0 Å². The van der Waals surface area contributed by atoms with Gasteiger partial charge in [-0.3, -0.25) is 0 Å². The molecule has 5 aromatic carbocycles. The van der Waals surface area contributed by atoms with Crippen molar-refractivity contribution < 1.29 is 0 Å². The van der Waals surface area contributed by atoms with Crippen LogP contribution in [0.2, 0.25) is 0 Å². The van der Waals surface area contributed by atoms with Gasteiger partial charge in [0.15, 0.2) is 17.5 Å². The number of hydrogen-bond donors (Lipinski definition) is 0. The van der Waals surface area contributed by atoms with E-state index >= 15 is 0 Å². The third-order valence-corrected chi connectivity index (χ3v) is 7.81. The summed E-state index contributed by atoms with van der Waals surface area (Å²) < 4.78 is 1.85. The van der Waals surface area contributed by atoms with Gasteiger partial charge in [0.1, 0.15) is 5.69 Å². The van der Waals surface area contributed by atoms with Gasteiger partial charge in [-0.1, -0.05) is 139 Å². The van der Waals surface area contributed by atoms with Gasteiger partial charge in [-0.25, -0.2) is 19.5 Å². The zero-order chi connectivity index (χ0) is 30.0. The molecule has 0 atom stereocenters. The van der Waals surface area contributed by atoms with Crippen LogP contribution in [0, 0.1) is 0 Å². The highest BCUT2D eigenvalue weighted by molar-refractivity contribution is 5.80. The van der Waals surface area contributed by atoms with Gasteiger partial charge in [-0.2, -0.15) is 0 Å². The molecule has 3 aromatic heterocycles. The first-order chi connectivity index (χ1) is 22.3. The van der Waals surface area contributed by atoms with Crippen LogP contribution in [0.3, 0.4) is 0 Å². The Balaban J connectivity index is 1.16. The van der Waals surface area contributed by atoms with Crippen molar-refractivity contribution in [1.82, 2.24) is 29.8 Å². The molecule has 0 amide bonds. The van der Waals surface area contributed by atoms with Crippen molar-refractivity contribution in [2.24, 2.45) is 0 Å². The SMILES string of the molecule is c1ccc(-c2nc(-c3ccccc3)nc(-c3cccc(-c4cccc(-c5ccc6c(-c7ccccc7)nnn6c5)c4)c3)n2)cc1. The zero-order valence-corrected chi connectivity index (χ0v) is 24.2. The van der Waals surface area contributed by atoms with Crippen molar-refractivity contribution in [1.29, 1.82) is 0 Å². The quantitative estimate of drug-likeness (QED) is 0.197. The van der Waals surface area contributed by atoms with E-state index in [1.807, 2.05) is 89.6 Å². The molecule has 6 heteroatoms. The first-order valence-corrected chi connectivity index (χ1v) is 14.8. The number of fused-ring (bicyclic) bond motifs is 1. The summed E-state index contributed by atoms with van der Waals surface area (Å²) >= 11 is 0. The topological polar surface area (TPSA) is 68.9 Å². The minimum atomic E-state index is 0.631. The smallest absolute Gasteiger partial charge is 0.164 e. The molecule has 6 nitrogen and oxygen atoms in total. The highest BCUT2D eigenvalue weighted by Gasteiger charge is 2.14. The Bertz CT molecular complexity index is 2200. The number of rotatable bonds is 6. The second-order valence-electron chi connectivity index (χ2n) is 10.8. The summed E-state index contributed by atoms with van der Waals surface area (Å²) in [7, 11) is 0. The van der Waals surface area contributed by atoms with E-state index in [4.69, 9.17) is 15.0 Å². The van der Waals surface area contributed by atoms with E-state index in [1.54, 1.807) is 0 Å². The first kappa shape index (κ1) is 26.4. The Morgan fingerprint density at radius 1 is 0.356 bits per heavy atom. The molecule has 0 fully saturated rings. The summed E-state index contributed by atoms with van der Waals surface area (Å²) in [6, 6.07) is 51.3. The third-order valence-electron chi connectivity index (χ3n) is 7.81. The minimum Gasteiger partial charge on any atom is -0.219 e. The number of hydrogen-bond acceptors (Lipinski definition) is 5. The summed E-state index contributed by atoms with van der Waals surface area (Å²) in [6.45, 7) is 0.